The topological polar surface area (TPSA) is 115 Å². The van der Waals surface area contributed by atoms with Gasteiger partial charge >= 0.3 is 17.8 Å². The van der Waals surface area contributed by atoms with Crippen molar-refractivity contribution in [1.82, 2.24) is 9.13 Å². The molecule has 1 aliphatic rings. The lowest BCUT2D eigenvalue weighted by molar-refractivity contribution is -0.160. The number of ether oxygens (including phenoxy) is 4. The largest absolute Gasteiger partial charge is 0.497 e. The van der Waals surface area contributed by atoms with E-state index < -0.39 is 58.7 Å². The zero-order valence-electron chi connectivity index (χ0n) is 25.0. The molecule has 3 rings (SSSR count). The Hall–Kier alpha value is -3.89. The molecule has 0 aliphatic carbocycles. The van der Waals surface area contributed by atoms with Crippen molar-refractivity contribution in [2.75, 3.05) is 20.3 Å². The molecule has 2 aromatic rings. The molecule has 13 heteroatoms. The quantitative estimate of drug-likeness (QED) is 0.342. The second kappa shape index (κ2) is 12.8. The summed E-state index contributed by atoms with van der Waals surface area (Å²) in [5.41, 5.74) is -6.29. The van der Waals surface area contributed by atoms with Crippen LogP contribution < -0.4 is 16.0 Å². The molecular formula is C30H35F3N2O8. The maximum absolute atomic E-state index is 14.0. The van der Waals surface area contributed by atoms with Crippen LogP contribution in [-0.2, 0) is 25.2 Å². The van der Waals surface area contributed by atoms with Crippen LogP contribution in [-0.4, -0.2) is 53.5 Å². The minimum Gasteiger partial charge on any atom is -0.497 e. The maximum Gasteiger partial charge on any atom is 0.423 e. The lowest BCUT2D eigenvalue weighted by Gasteiger charge is -2.22. The Morgan fingerprint density at radius 2 is 1.67 bits per heavy atom. The summed E-state index contributed by atoms with van der Waals surface area (Å²) in [6, 6.07) is 5.15. The van der Waals surface area contributed by atoms with Crippen LogP contribution in [0.15, 0.2) is 40.1 Å². The highest BCUT2D eigenvalue weighted by molar-refractivity contribution is 5.95. The molecule has 1 aliphatic heterocycles. The van der Waals surface area contributed by atoms with Crippen molar-refractivity contribution in [2.24, 2.45) is 10.8 Å². The first-order valence-corrected chi connectivity index (χ1v) is 13.4. The lowest BCUT2D eigenvalue weighted by atomic mass is 9.97. The van der Waals surface area contributed by atoms with E-state index in [1.54, 1.807) is 20.8 Å². The van der Waals surface area contributed by atoms with Crippen LogP contribution in [0.25, 0.3) is 0 Å². The number of rotatable bonds is 7. The first kappa shape index (κ1) is 33.6. The first-order valence-electron chi connectivity index (χ1n) is 13.4. The number of methoxy groups -OCH3 is 1. The number of hydrogen-bond acceptors (Lipinski definition) is 8. The fourth-order valence-corrected chi connectivity index (χ4v) is 4.04. The second-order valence-electron chi connectivity index (χ2n) is 12.0. The predicted octanol–water partition coefficient (Wildman–Crippen LogP) is 4.04. The minimum atomic E-state index is -5.20. The molecule has 1 saturated heterocycles. The summed E-state index contributed by atoms with van der Waals surface area (Å²) < 4.78 is 64.5. The Labute approximate surface area is 246 Å². The van der Waals surface area contributed by atoms with Gasteiger partial charge in [-0.25, -0.2) is 4.79 Å². The average molecular weight is 609 g/mol. The smallest absolute Gasteiger partial charge is 0.423 e. The van der Waals surface area contributed by atoms with E-state index >= 15 is 0 Å². The summed E-state index contributed by atoms with van der Waals surface area (Å²) >= 11 is 0. The van der Waals surface area contributed by atoms with E-state index in [4.69, 9.17) is 18.9 Å². The average Bonchev–Trinajstić information content (AvgIpc) is 3.30. The van der Waals surface area contributed by atoms with Crippen LogP contribution >= 0.6 is 0 Å². The van der Waals surface area contributed by atoms with Gasteiger partial charge in [0.25, 0.3) is 11.5 Å². The van der Waals surface area contributed by atoms with Gasteiger partial charge < -0.3 is 18.9 Å². The molecule has 2 heterocycles. The van der Waals surface area contributed by atoms with E-state index in [1.165, 1.54) is 31.4 Å². The Balaban J connectivity index is 2.04. The van der Waals surface area contributed by atoms with Crippen molar-refractivity contribution in [3.05, 3.63) is 62.4 Å². The van der Waals surface area contributed by atoms with Gasteiger partial charge in [-0.3, -0.25) is 19.0 Å². The lowest BCUT2D eigenvalue weighted by Crippen LogP contribution is -2.47. The van der Waals surface area contributed by atoms with Gasteiger partial charge in [0.05, 0.1) is 18.6 Å². The molecule has 1 fully saturated rings. The number of carbonyl (C=O) groups excluding carboxylic acids is 2. The maximum atomic E-state index is 14.0. The second-order valence-corrected chi connectivity index (χ2v) is 12.0. The molecule has 0 bridgehead atoms. The predicted molar refractivity (Wildman–Crippen MR) is 149 cm³/mol. The van der Waals surface area contributed by atoms with Crippen LogP contribution in [0.1, 0.15) is 70.1 Å². The van der Waals surface area contributed by atoms with Crippen molar-refractivity contribution in [3.63, 3.8) is 0 Å². The van der Waals surface area contributed by atoms with Crippen LogP contribution in [0.3, 0.4) is 0 Å². The van der Waals surface area contributed by atoms with E-state index in [1.807, 2.05) is 20.8 Å². The van der Waals surface area contributed by atoms with Crippen LogP contribution in [0.2, 0.25) is 0 Å². The Kier molecular flexibility index (Phi) is 9.98. The zero-order valence-corrected chi connectivity index (χ0v) is 25.0. The Morgan fingerprint density at radius 3 is 2.21 bits per heavy atom. The van der Waals surface area contributed by atoms with Crippen LogP contribution in [0.5, 0.6) is 5.75 Å². The fourth-order valence-electron chi connectivity index (χ4n) is 4.04. The molecule has 10 nitrogen and oxygen atoms in total. The highest BCUT2D eigenvalue weighted by atomic mass is 19.4. The van der Waals surface area contributed by atoms with Gasteiger partial charge in [0.15, 0.2) is 0 Å². The van der Waals surface area contributed by atoms with E-state index in [0.717, 1.165) is 0 Å². The van der Waals surface area contributed by atoms with Crippen molar-refractivity contribution in [2.45, 2.75) is 72.6 Å². The number of halogens is 3. The number of carbonyl (C=O) groups is 2. The number of nitrogens with zero attached hydrogens (tertiary/aromatic N) is 2. The normalized spacial score (nSPS) is 19.0. The molecular weight excluding hydrogens is 573 g/mol. The van der Waals surface area contributed by atoms with Crippen molar-refractivity contribution >= 4 is 11.9 Å². The van der Waals surface area contributed by atoms with Gasteiger partial charge in [0.1, 0.15) is 36.9 Å². The highest BCUT2D eigenvalue weighted by Gasteiger charge is 2.42. The van der Waals surface area contributed by atoms with Gasteiger partial charge in [-0.15, -0.1) is 0 Å². The fraction of sp³-hybridized carbons (Fsp3) is 0.533. The van der Waals surface area contributed by atoms with Gasteiger partial charge in [-0.1, -0.05) is 11.8 Å². The molecule has 1 aromatic carbocycles. The summed E-state index contributed by atoms with van der Waals surface area (Å²) in [7, 11) is 1.37. The summed E-state index contributed by atoms with van der Waals surface area (Å²) in [4.78, 5) is 51.9. The third kappa shape index (κ3) is 8.36. The van der Waals surface area contributed by atoms with E-state index in [-0.39, 0.29) is 35.2 Å². The summed E-state index contributed by atoms with van der Waals surface area (Å²) in [6.45, 7) is 10.2. The van der Waals surface area contributed by atoms with Crippen LogP contribution in [0.4, 0.5) is 13.2 Å². The Bertz CT molecular complexity index is 1520. The number of alkyl halides is 3. The van der Waals surface area contributed by atoms with Gasteiger partial charge in [-0.05, 0) is 65.8 Å². The molecule has 0 saturated carbocycles. The van der Waals surface area contributed by atoms with E-state index in [0.29, 0.717) is 16.5 Å². The third-order valence-corrected chi connectivity index (χ3v) is 6.27. The van der Waals surface area contributed by atoms with E-state index in [9.17, 15) is 32.3 Å². The minimum absolute atomic E-state index is 0.0696. The molecule has 1 aromatic heterocycles. The van der Waals surface area contributed by atoms with Gasteiger partial charge in [0.2, 0.25) is 0 Å². The number of esters is 1. The van der Waals surface area contributed by atoms with Crippen molar-refractivity contribution in [3.8, 4) is 17.6 Å². The van der Waals surface area contributed by atoms with Gasteiger partial charge in [-0.2, -0.15) is 17.7 Å². The number of hydrogen-bond donors (Lipinski definition) is 0. The van der Waals surface area contributed by atoms with E-state index in [2.05, 4.69) is 11.8 Å². The third-order valence-electron chi connectivity index (χ3n) is 6.27. The number of aromatic nitrogens is 2. The first-order chi connectivity index (χ1) is 19.8. The molecule has 0 radical (unpaired) electrons. The molecule has 3 atom stereocenters. The number of benzene rings is 1. The SMILES string of the molecule is COc1ccc(C(=O)n2c(=O)c(C(F)(F)F)cn([C@H]3C[C@H](OCC#CC(C)(C)C)[C@@H](COC(=O)C(C)(C)C)O3)c2=O)cc1. The van der Waals surface area contributed by atoms with Crippen molar-refractivity contribution in [1.29, 1.82) is 0 Å². The molecule has 43 heavy (non-hydrogen) atoms. The van der Waals surface area contributed by atoms with Crippen molar-refractivity contribution < 1.29 is 41.7 Å². The zero-order chi connectivity index (χ0) is 32.3. The van der Waals surface area contributed by atoms with Gasteiger partial charge in [0, 0.05) is 23.6 Å². The molecule has 0 unspecified atom stereocenters. The van der Waals surface area contributed by atoms with Crippen LogP contribution in [0, 0.1) is 22.7 Å². The summed E-state index contributed by atoms with van der Waals surface area (Å²) in [5.74, 6) is 4.38. The summed E-state index contributed by atoms with van der Waals surface area (Å²) in [6.07, 6.45) is -8.29. The highest BCUT2D eigenvalue weighted by Crippen LogP contribution is 2.33. The molecule has 234 valence electrons. The standard InChI is InChI=1S/C30H35F3N2O8/c1-28(2,3)13-8-14-41-21-15-23(43-22(21)17-42-26(38)29(4,5)6)34-16-20(30(31,32)33)25(37)35(27(34)39)24(36)18-9-11-19(40-7)12-10-18/h9-12,16,21-23H,14-15,17H2,1-7H3/t21-,22+,23+/m0/s1. The Morgan fingerprint density at radius 1 is 1.05 bits per heavy atom. The molecule has 0 N–H and O–H groups in total. The monoisotopic (exact) mass is 608 g/mol. The molecule has 0 amide bonds. The summed E-state index contributed by atoms with van der Waals surface area (Å²) in [5, 5.41) is 0. The molecule has 0 spiro atoms.